The van der Waals surface area contributed by atoms with Crippen molar-refractivity contribution in [2.75, 3.05) is 26.3 Å². The second-order valence-corrected chi connectivity index (χ2v) is 6.12. The Labute approximate surface area is 117 Å². The molecule has 0 radical (unpaired) electrons. The highest BCUT2D eigenvalue weighted by Crippen LogP contribution is 2.38. The van der Waals surface area contributed by atoms with E-state index in [1.807, 2.05) is 13.8 Å². The van der Waals surface area contributed by atoms with Crippen LogP contribution in [0.4, 0.5) is 4.39 Å². The molecule has 0 unspecified atom stereocenters. The van der Waals surface area contributed by atoms with Gasteiger partial charge in [-0.05, 0) is 26.0 Å². The Hall–Kier alpha value is -1.46. The number of benzene rings is 1. The van der Waals surface area contributed by atoms with E-state index in [2.05, 4.69) is 0 Å². The molecular weight excluding hydrogens is 261 g/mol. The Balaban J connectivity index is 1.64. The molecule has 1 amide bonds. The Morgan fingerprint density at radius 2 is 1.80 bits per heavy atom. The van der Waals surface area contributed by atoms with Crippen molar-refractivity contribution in [3.63, 3.8) is 0 Å². The van der Waals surface area contributed by atoms with Gasteiger partial charge in [0.15, 0.2) is 5.79 Å². The van der Waals surface area contributed by atoms with Crippen LogP contribution < -0.4 is 0 Å². The lowest BCUT2D eigenvalue weighted by atomic mass is 9.80. The molecule has 108 valence electrons. The summed E-state index contributed by atoms with van der Waals surface area (Å²) in [5.74, 6) is -1.30. The van der Waals surface area contributed by atoms with Gasteiger partial charge in [0.05, 0.1) is 24.2 Å². The fourth-order valence-electron chi connectivity index (χ4n) is 2.63. The zero-order valence-corrected chi connectivity index (χ0v) is 11.7. The third-order valence-corrected chi connectivity index (χ3v) is 3.90. The van der Waals surface area contributed by atoms with Gasteiger partial charge in [0.1, 0.15) is 5.82 Å². The van der Waals surface area contributed by atoms with Crippen molar-refractivity contribution >= 4 is 5.91 Å². The maximum atomic E-state index is 13.6. The van der Waals surface area contributed by atoms with Crippen LogP contribution in [0.2, 0.25) is 0 Å². The van der Waals surface area contributed by atoms with E-state index in [-0.39, 0.29) is 16.9 Å². The quantitative estimate of drug-likeness (QED) is 0.790. The first kappa shape index (κ1) is 13.5. The van der Waals surface area contributed by atoms with Crippen molar-refractivity contribution in [1.29, 1.82) is 0 Å². The molecule has 2 fully saturated rings. The number of amides is 1. The molecular formula is C15H18FNO3. The van der Waals surface area contributed by atoms with Gasteiger partial charge in [-0.2, -0.15) is 0 Å². The molecule has 0 bridgehead atoms. The Kier molecular flexibility index (Phi) is 3.06. The predicted octanol–water partition coefficient (Wildman–Crippen LogP) is 2.05. The summed E-state index contributed by atoms with van der Waals surface area (Å²) in [7, 11) is 0. The van der Waals surface area contributed by atoms with Gasteiger partial charge in [0.25, 0.3) is 5.91 Å². The van der Waals surface area contributed by atoms with E-state index < -0.39 is 11.6 Å². The normalized spacial score (nSPS) is 23.4. The van der Waals surface area contributed by atoms with Crippen LogP contribution in [0, 0.1) is 11.2 Å². The molecule has 2 aliphatic rings. The summed E-state index contributed by atoms with van der Waals surface area (Å²) in [5.41, 5.74) is -0.00323. The van der Waals surface area contributed by atoms with E-state index >= 15 is 0 Å². The van der Waals surface area contributed by atoms with Gasteiger partial charge in [-0.25, -0.2) is 4.39 Å². The SMILES string of the molecule is CC1(C)OCC2(CO1)CN(C(=O)c1ccccc1F)C2. The zero-order chi connectivity index (χ0) is 14.4. The van der Waals surface area contributed by atoms with Crippen molar-refractivity contribution in [1.82, 2.24) is 4.90 Å². The second-order valence-electron chi connectivity index (χ2n) is 6.12. The highest BCUT2D eigenvalue weighted by atomic mass is 19.1. The van der Waals surface area contributed by atoms with Crippen LogP contribution in [0.3, 0.4) is 0 Å². The predicted molar refractivity (Wildman–Crippen MR) is 70.7 cm³/mol. The van der Waals surface area contributed by atoms with Gasteiger partial charge in [-0.1, -0.05) is 12.1 Å². The number of halogens is 1. The maximum absolute atomic E-state index is 13.6. The molecule has 0 N–H and O–H groups in total. The van der Waals surface area contributed by atoms with Crippen LogP contribution >= 0.6 is 0 Å². The van der Waals surface area contributed by atoms with Gasteiger partial charge >= 0.3 is 0 Å². The number of nitrogens with zero attached hydrogens (tertiary/aromatic N) is 1. The summed E-state index contributed by atoms with van der Waals surface area (Å²) in [6.07, 6.45) is 0. The van der Waals surface area contributed by atoms with Crippen molar-refractivity contribution in [2.24, 2.45) is 5.41 Å². The summed E-state index contributed by atoms with van der Waals surface area (Å²) in [6.45, 7) is 6.00. The number of carbonyl (C=O) groups excluding carboxylic acids is 1. The number of hydrogen-bond donors (Lipinski definition) is 0. The van der Waals surface area contributed by atoms with Crippen LogP contribution in [0.25, 0.3) is 0 Å². The average Bonchev–Trinajstić information content (AvgIpc) is 2.37. The summed E-state index contributed by atoms with van der Waals surface area (Å²) >= 11 is 0. The maximum Gasteiger partial charge on any atom is 0.256 e. The molecule has 0 saturated carbocycles. The van der Waals surface area contributed by atoms with E-state index in [1.165, 1.54) is 12.1 Å². The minimum Gasteiger partial charge on any atom is -0.350 e. The monoisotopic (exact) mass is 279 g/mol. The summed E-state index contributed by atoms with van der Waals surface area (Å²) in [4.78, 5) is 13.8. The Morgan fingerprint density at radius 1 is 1.20 bits per heavy atom. The van der Waals surface area contributed by atoms with Crippen LogP contribution in [0.15, 0.2) is 24.3 Å². The molecule has 4 nitrogen and oxygen atoms in total. The van der Waals surface area contributed by atoms with Gasteiger partial charge in [-0.3, -0.25) is 4.79 Å². The lowest BCUT2D eigenvalue weighted by Gasteiger charge is -2.54. The molecule has 1 aromatic carbocycles. The molecule has 20 heavy (non-hydrogen) atoms. The molecule has 5 heteroatoms. The van der Waals surface area contributed by atoms with E-state index in [0.29, 0.717) is 26.3 Å². The minimum absolute atomic E-state index is 0.125. The smallest absolute Gasteiger partial charge is 0.256 e. The first-order valence-corrected chi connectivity index (χ1v) is 6.73. The number of hydrogen-bond acceptors (Lipinski definition) is 3. The van der Waals surface area contributed by atoms with Crippen molar-refractivity contribution in [3.05, 3.63) is 35.6 Å². The number of carbonyl (C=O) groups is 1. The first-order chi connectivity index (χ1) is 9.41. The van der Waals surface area contributed by atoms with Crippen LogP contribution in [0.1, 0.15) is 24.2 Å². The molecule has 2 saturated heterocycles. The van der Waals surface area contributed by atoms with Crippen molar-refractivity contribution < 1.29 is 18.7 Å². The first-order valence-electron chi connectivity index (χ1n) is 6.73. The topological polar surface area (TPSA) is 38.8 Å². The Bertz CT molecular complexity index is 526. The fraction of sp³-hybridized carbons (Fsp3) is 0.533. The fourth-order valence-corrected chi connectivity index (χ4v) is 2.63. The van der Waals surface area contributed by atoms with Gasteiger partial charge in [0.2, 0.25) is 0 Å². The van der Waals surface area contributed by atoms with E-state index in [4.69, 9.17) is 9.47 Å². The molecule has 2 aliphatic heterocycles. The Morgan fingerprint density at radius 3 is 2.40 bits per heavy atom. The number of ether oxygens (including phenoxy) is 2. The second kappa shape index (κ2) is 4.53. The highest BCUT2D eigenvalue weighted by molar-refractivity contribution is 5.95. The third-order valence-electron chi connectivity index (χ3n) is 3.90. The number of likely N-dealkylation sites (tertiary alicyclic amines) is 1. The lowest BCUT2D eigenvalue weighted by Crippen LogP contribution is -2.65. The molecule has 0 aliphatic carbocycles. The van der Waals surface area contributed by atoms with Crippen LogP contribution in [-0.4, -0.2) is 42.9 Å². The average molecular weight is 279 g/mol. The van der Waals surface area contributed by atoms with Crippen LogP contribution in [0.5, 0.6) is 0 Å². The molecule has 3 rings (SSSR count). The summed E-state index contributed by atoms with van der Waals surface area (Å²) < 4.78 is 24.9. The number of rotatable bonds is 1. The molecule has 1 spiro atoms. The lowest BCUT2D eigenvalue weighted by molar-refractivity contribution is -0.301. The molecule has 1 aromatic rings. The molecule has 0 atom stereocenters. The highest BCUT2D eigenvalue weighted by Gasteiger charge is 2.50. The third kappa shape index (κ3) is 2.31. The molecule has 2 heterocycles. The standard InChI is InChI=1S/C15H18FNO3/c1-14(2)19-9-15(10-20-14)7-17(8-15)13(18)11-5-3-4-6-12(11)16/h3-6H,7-10H2,1-2H3. The van der Waals surface area contributed by atoms with Gasteiger partial charge in [0, 0.05) is 13.1 Å². The summed E-state index contributed by atoms with van der Waals surface area (Å²) in [5, 5.41) is 0. The van der Waals surface area contributed by atoms with E-state index in [1.54, 1.807) is 17.0 Å². The van der Waals surface area contributed by atoms with Crippen molar-refractivity contribution in [3.8, 4) is 0 Å². The molecule has 0 aromatic heterocycles. The van der Waals surface area contributed by atoms with Crippen LogP contribution in [-0.2, 0) is 9.47 Å². The largest absolute Gasteiger partial charge is 0.350 e. The van der Waals surface area contributed by atoms with Gasteiger partial charge in [-0.15, -0.1) is 0 Å². The minimum atomic E-state index is -0.554. The van der Waals surface area contributed by atoms with Crippen molar-refractivity contribution in [2.45, 2.75) is 19.6 Å². The zero-order valence-electron chi connectivity index (χ0n) is 11.7. The van der Waals surface area contributed by atoms with E-state index in [9.17, 15) is 9.18 Å². The van der Waals surface area contributed by atoms with Gasteiger partial charge < -0.3 is 14.4 Å². The summed E-state index contributed by atoms with van der Waals surface area (Å²) in [6, 6.07) is 6.06. The van der Waals surface area contributed by atoms with E-state index in [0.717, 1.165) is 0 Å².